The van der Waals surface area contributed by atoms with E-state index in [9.17, 15) is 13.6 Å². The molecule has 2 aromatic rings. The second kappa shape index (κ2) is 6.00. The molecule has 0 unspecified atom stereocenters. The van der Waals surface area contributed by atoms with Gasteiger partial charge in [-0.3, -0.25) is 4.79 Å². The zero-order valence-corrected chi connectivity index (χ0v) is 11.9. The minimum Gasteiger partial charge on any atom is -0.398 e. The third-order valence-corrected chi connectivity index (χ3v) is 3.40. The molecular formula is C14H11BrF2N2O. The van der Waals surface area contributed by atoms with Gasteiger partial charge in [0.1, 0.15) is 11.6 Å². The highest BCUT2D eigenvalue weighted by Crippen LogP contribution is 2.23. The Labute approximate surface area is 122 Å². The molecule has 2 aromatic carbocycles. The first-order valence-corrected chi connectivity index (χ1v) is 6.54. The highest BCUT2D eigenvalue weighted by molar-refractivity contribution is 9.10. The maximum atomic E-state index is 13.4. The first-order chi connectivity index (χ1) is 9.47. The average Bonchev–Trinajstić information content (AvgIpc) is 2.38. The Morgan fingerprint density at radius 1 is 1.20 bits per heavy atom. The van der Waals surface area contributed by atoms with Gasteiger partial charge in [0.05, 0.1) is 6.42 Å². The summed E-state index contributed by atoms with van der Waals surface area (Å²) in [6.45, 7) is 0. The van der Waals surface area contributed by atoms with Crippen molar-refractivity contribution in [3.05, 3.63) is 58.1 Å². The van der Waals surface area contributed by atoms with E-state index in [1.165, 1.54) is 6.07 Å². The fourth-order valence-electron chi connectivity index (χ4n) is 1.69. The predicted octanol–water partition coefficient (Wildman–Crippen LogP) is 3.49. The molecule has 0 radical (unpaired) electrons. The van der Waals surface area contributed by atoms with E-state index in [1.807, 2.05) is 0 Å². The minimum absolute atomic E-state index is 0.255. The van der Waals surface area contributed by atoms with E-state index >= 15 is 0 Å². The SMILES string of the molecule is Nc1cc(NC(=O)Cc2c(F)cccc2F)ccc1Br. The Bertz CT molecular complexity index is 641. The zero-order chi connectivity index (χ0) is 14.7. The topological polar surface area (TPSA) is 55.1 Å². The summed E-state index contributed by atoms with van der Waals surface area (Å²) in [5.74, 6) is -2.00. The molecule has 2 rings (SSSR count). The van der Waals surface area contributed by atoms with Gasteiger partial charge in [0.25, 0.3) is 0 Å². The van der Waals surface area contributed by atoms with E-state index in [1.54, 1.807) is 18.2 Å². The molecule has 6 heteroatoms. The third kappa shape index (κ3) is 3.33. The van der Waals surface area contributed by atoms with E-state index in [0.717, 1.165) is 12.1 Å². The van der Waals surface area contributed by atoms with Gasteiger partial charge >= 0.3 is 0 Å². The van der Waals surface area contributed by atoms with Crippen LogP contribution in [0.5, 0.6) is 0 Å². The highest BCUT2D eigenvalue weighted by atomic mass is 79.9. The molecular weight excluding hydrogens is 330 g/mol. The van der Waals surface area contributed by atoms with Crippen molar-refractivity contribution in [2.24, 2.45) is 0 Å². The Balaban J connectivity index is 2.11. The van der Waals surface area contributed by atoms with Crippen molar-refractivity contribution in [1.29, 1.82) is 0 Å². The molecule has 20 heavy (non-hydrogen) atoms. The van der Waals surface area contributed by atoms with E-state index < -0.39 is 17.5 Å². The summed E-state index contributed by atoms with van der Waals surface area (Å²) in [4.78, 5) is 11.8. The van der Waals surface area contributed by atoms with Crippen LogP contribution in [0.4, 0.5) is 20.2 Å². The van der Waals surface area contributed by atoms with Gasteiger partial charge in [-0.15, -0.1) is 0 Å². The quantitative estimate of drug-likeness (QED) is 0.840. The maximum absolute atomic E-state index is 13.4. The number of hydrogen-bond donors (Lipinski definition) is 2. The second-order valence-electron chi connectivity index (χ2n) is 4.16. The number of halogens is 3. The smallest absolute Gasteiger partial charge is 0.229 e. The summed E-state index contributed by atoms with van der Waals surface area (Å²) in [5, 5.41) is 2.54. The summed E-state index contributed by atoms with van der Waals surface area (Å²) in [6.07, 6.45) is -0.380. The van der Waals surface area contributed by atoms with Crippen molar-refractivity contribution in [2.75, 3.05) is 11.1 Å². The fraction of sp³-hybridized carbons (Fsp3) is 0.0714. The van der Waals surface area contributed by atoms with Crippen LogP contribution in [0, 0.1) is 11.6 Å². The van der Waals surface area contributed by atoms with Crippen LogP contribution in [0.1, 0.15) is 5.56 Å². The van der Waals surface area contributed by atoms with Crippen LogP contribution in [-0.2, 0) is 11.2 Å². The number of nitrogens with two attached hydrogens (primary N) is 1. The van der Waals surface area contributed by atoms with Gasteiger partial charge in [-0.25, -0.2) is 8.78 Å². The molecule has 3 N–H and O–H groups in total. The minimum atomic E-state index is -0.740. The number of anilines is 2. The fourth-order valence-corrected chi connectivity index (χ4v) is 1.94. The zero-order valence-electron chi connectivity index (χ0n) is 10.3. The summed E-state index contributed by atoms with van der Waals surface area (Å²) >= 11 is 3.23. The number of carbonyl (C=O) groups excluding carboxylic acids is 1. The van der Waals surface area contributed by atoms with Crippen molar-refractivity contribution >= 4 is 33.2 Å². The van der Waals surface area contributed by atoms with Gasteiger partial charge in [-0.05, 0) is 46.3 Å². The summed E-state index contributed by atoms with van der Waals surface area (Å²) < 4.78 is 27.5. The first kappa shape index (κ1) is 14.5. The van der Waals surface area contributed by atoms with E-state index in [-0.39, 0.29) is 12.0 Å². The number of amides is 1. The van der Waals surface area contributed by atoms with E-state index in [4.69, 9.17) is 5.73 Å². The predicted molar refractivity (Wildman–Crippen MR) is 77.2 cm³/mol. The molecule has 0 bridgehead atoms. The lowest BCUT2D eigenvalue weighted by Gasteiger charge is -2.08. The number of nitrogen functional groups attached to an aromatic ring is 1. The Hall–Kier alpha value is -1.95. The lowest BCUT2D eigenvalue weighted by atomic mass is 10.1. The normalized spacial score (nSPS) is 10.3. The molecule has 3 nitrogen and oxygen atoms in total. The highest BCUT2D eigenvalue weighted by Gasteiger charge is 2.13. The van der Waals surface area contributed by atoms with Crippen molar-refractivity contribution < 1.29 is 13.6 Å². The molecule has 0 saturated heterocycles. The van der Waals surface area contributed by atoms with Gasteiger partial charge in [-0.2, -0.15) is 0 Å². The molecule has 0 aromatic heterocycles. The van der Waals surface area contributed by atoms with Crippen LogP contribution in [0.15, 0.2) is 40.9 Å². The molecule has 0 saturated carbocycles. The Morgan fingerprint density at radius 2 is 1.85 bits per heavy atom. The molecule has 0 aliphatic rings. The number of carbonyl (C=O) groups is 1. The van der Waals surface area contributed by atoms with Crippen molar-refractivity contribution in [2.45, 2.75) is 6.42 Å². The number of benzene rings is 2. The average molecular weight is 341 g/mol. The molecule has 0 fully saturated rings. The van der Waals surface area contributed by atoms with Gasteiger partial charge < -0.3 is 11.1 Å². The molecule has 0 aliphatic carbocycles. The van der Waals surface area contributed by atoms with Gasteiger partial charge in [0.15, 0.2) is 0 Å². The molecule has 0 spiro atoms. The van der Waals surface area contributed by atoms with Gasteiger partial charge in [0.2, 0.25) is 5.91 Å². The van der Waals surface area contributed by atoms with Gasteiger partial charge in [-0.1, -0.05) is 6.07 Å². The Morgan fingerprint density at radius 3 is 2.45 bits per heavy atom. The van der Waals surface area contributed by atoms with Crippen LogP contribution < -0.4 is 11.1 Å². The van der Waals surface area contributed by atoms with Crippen molar-refractivity contribution in [3.63, 3.8) is 0 Å². The Kier molecular flexibility index (Phi) is 4.34. The maximum Gasteiger partial charge on any atom is 0.229 e. The van der Waals surface area contributed by atoms with Crippen LogP contribution in [0.3, 0.4) is 0 Å². The third-order valence-electron chi connectivity index (χ3n) is 2.68. The molecule has 1 amide bonds. The summed E-state index contributed by atoms with van der Waals surface area (Å²) in [6, 6.07) is 8.35. The molecule has 0 atom stereocenters. The lowest BCUT2D eigenvalue weighted by molar-refractivity contribution is -0.115. The van der Waals surface area contributed by atoms with Crippen LogP contribution in [0.25, 0.3) is 0 Å². The number of hydrogen-bond acceptors (Lipinski definition) is 2. The van der Waals surface area contributed by atoms with E-state index in [2.05, 4.69) is 21.2 Å². The molecule has 0 heterocycles. The first-order valence-electron chi connectivity index (χ1n) is 5.75. The standard InChI is InChI=1S/C14H11BrF2N2O/c15-10-5-4-8(6-13(10)18)19-14(20)7-9-11(16)2-1-3-12(9)17/h1-6H,7,18H2,(H,19,20). The largest absolute Gasteiger partial charge is 0.398 e. The summed E-state index contributed by atoms with van der Waals surface area (Å²) in [5.41, 5.74) is 6.35. The van der Waals surface area contributed by atoms with E-state index in [0.29, 0.717) is 15.8 Å². The van der Waals surface area contributed by atoms with Crippen molar-refractivity contribution in [3.8, 4) is 0 Å². The van der Waals surface area contributed by atoms with Crippen LogP contribution in [-0.4, -0.2) is 5.91 Å². The molecule has 0 aliphatic heterocycles. The summed E-state index contributed by atoms with van der Waals surface area (Å²) in [7, 11) is 0. The number of nitrogens with one attached hydrogen (secondary N) is 1. The lowest BCUT2D eigenvalue weighted by Crippen LogP contribution is -2.16. The van der Waals surface area contributed by atoms with Gasteiger partial charge in [0, 0.05) is 21.4 Å². The number of rotatable bonds is 3. The monoisotopic (exact) mass is 340 g/mol. The molecule has 104 valence electrons. The second-order valence-corrected chi connectivity index (χ2v) is 5.02. The van der Waals surface area contributed by atoms with Crippen LogP contribution in [0.2, 0.25) is 0 Å². The van der Waals surface area contributed by atoms with Crippen molar-refractivity contribution in [1.82, 2.24) is 0 Å². The van der Waals surface area contributed by atoms with Crippen LogP contribution >= 0.6 is 15.9 Å².